The quantitative estimate of drug-likeness (QED) is 0.759. The molecule has 1 aliphatic rings. The first kappa shape index (κ1) is 9.66. The van der Waals surface area contributed by atoms with Crippen LogP contribution < -0.4 is 10.6 Å². The van der Waals surface area contributed by atoms with Crippen molar-refractivity contribution in [2.45, 2.75) is 18.9 Å². The van der Waals surface area contributed by atoms with Crippen molar-refractivity contribution in [2.24, 2.45) is 5.73 Å². The van der Waals surface area contributed by atoms with Gasteiger partial charge in [-0.3, -0.25) is 0 Å². The Morgan fingerprint density at radius 1 is 1.44 bits per heavy atom. The molecule has 4 nitrogen and oxygen atoms in total. The van der Waals surface area contributed by atoms with E-state index in [0.717, 1.165) is 25.2 Å². The summed E-state index contributed by atoms with van der Waals surface area (Å²) in [6, 6.07) is 4.46. The van der Waals surface area contributed by atoms with Crippen LogP contribution in [0, 0.1) is 0 Å². The lowest BCUT2D eigenvalue weighted by Gasteiger charge is -2.32. The number of piperidine rings is 1. The summed E-state index contributed by atoms with van der Waals surface area (Å²) in [5.74, 6) is 0. The minimum Gasteiger partial charge on any atom is -0.369 e. The molecule has 1 saturated heterocycles. The lowest BCUT2D eigenvalue weighted by atomic mass is 10.1. The summed E-state index contributed by atoms with van der Waals surface area (Å²) < 4.78 is 0. The molecule has 0 aromatic carbocycles. The van der Waals surface area contributed by atoms with E-state index in [1.165, 1.54) is 17.5 Å². The molecular weight excluding hydrogens is 200 g/mol. The van der Waals surface area contributed by atoms with Crippen molar-refractivity contribution in [3.05, 3.63) is 24.5 Å². The number of aromatic nitrogens is 2. The summed E-state index contributed by atoms with van der Waals surface area (Å²) in [6.45, 7) is 2.04. The molecule has 0 radical (unpaired) electrons. The summed E-state index contributed by atoms with van der Waals surface area (Å²) in [5.41, 5.74) is 8.22. The maximum atomic E-state index is 6.02. The van der Waals surface area contributed by atoms with Gasteiger partial charge in [0.2, 0.25) is 0 Å². The van der Waals surface area contributed by atoms with E-state index in [1.54, 1.807) is 0 Å². The third kappa shape index (κ3) is 1.55. The van der Waals surface area contributed by atoms with Crippen molar-refractivity contribution >= 4 is 16.7 Å². The second-order valence-corrected chi connectivity index (χ2v) is 4.42. The third-order valence-electron chi connectivity index (χ3n) is 3.24. The predicted molar refractivity (Wildman–Crippen MR) is 65.5 cm³/mol. The van der Waals surface area contributed by atoms with Gasteiger partial charge in [-0.15, -0.1) is 0 Å². The van der Waals surface area contributed by atoms with Crippen LogP contribution in [0.4, 0.5) is 5.69 Å². The molecule has 0 spiro atoms. The minimum atomic E-state index is 0.302. The largest absolute Gasteiger partial charge is 0.369 e. The summed E-state index contributed by atoms with van der Waals surface area (Å²) in [6.07, 6.45) is 6.10. The molecule has 1 unspecified atom stereocenters. The number of hydrogen-bond acceptors (Lipinski definition) is 3. The molecule has 3 rings (SSSR count). The Labute approximate surface area is 94.5 Å². The molecule has 16 heavy (non-hydrogen) atoms. The fourth-order valence-electron chi connectivity index (χ4n) is 2.45. The first-order chi connectivity index (χ1) is 7.84. The number of H-pyrrole nitrogens is 1. The fraction of sp³-hybridized carbons (Fsp3) is 0.417. The van der Waals surface area contributed by atoms with Gasteiger partial charge in [-0.25, -0.2) is 4.98 Å². The SMILES string of the molecule is NC1CCCN(c2ccnc3[nH]ccc23)C1. The van der Waals surface area contributed by atoms with Crippen LogP contribution in [0.2, 0.25) is 0 Å². The number of anilines is 1. The average Bonchev–Trinajstić information content (AvgIpc) is 2.76. The highest BCUT2D eigenvalue weighted by Crippen LogP contribution is 2.26. The molecule has 0 aliphatic carbocycles. The van der Waals surface area contributed by atoms with Gasteiger partial charge in [-0.2, -0.15) is 0 Å². The number of nitrogens with zero attached hydrogens (tertiary/aromatic N) is 2. The maximum Gasteiger partial charge on any atom is 0.139 e. The second kappa shape index (κ2) is 3.79. The topological polar surface area (TPSA) is 57.9 Å². The Hall–Kier alpha value is -1.55. The van der Waals surface area contributed by atoms with E-state index < -0.39 is 0 Å². The molecule has 1 aliphatic heterocycles. The molecule has 84 valence electrons. The maximum absolute atomic E-state index is 6.02. The van der Waals surface area contributed by atoms with E-state index in [4.69, 9.17) is 5.73 Å². The van der Waals surface area contributed by atoms with E-state index in [-0.39, 0.29) is 0 Å². The van der Waals surface area contributed by atoms with Gasteiger partial charge in [0.25, 0.3) is 0 Å². The number of pyridine rings is 1. The van der Waals surface area contributed by atoms with Crippen LogP contribution in [0.15, 0.2) is 24.5 Å². The van der Waals surface area contributed by atoms with Crippen molar-refractivity contribution in [2.75, 3.05) is 18.0 Å². The summed E-state index contributed by atoms with van der Waals surface area (Å²) in [5, 5.41) is 1.19. The fourth-order valence-corrected chi connectivity index (χ4v) is 2.45. The van der Waals surface area contributed by atoms with Gasteiger partial charge in [-0.05, 0) is 25.0 Å². The van der Waals surface area contributed by atoms with E-state index in [2.05, 4.69) is 27.0 Å². The number of nitrogens with two attached hydrogens (primary N) is 1. The molecule has 0 saturated carbocycles. The molecule has 0 bridgehead atoms. The van der Waals surface area contributed by atoms with Crippen LogP contribution in [0.1, 0.15) is 12.8 Å². The second-order valence-electron chi connectivity index (χ2n) is 4.42. The van der Waals surface area contributed by atoms with Crippen molar-refractivity contribution in [3.8, 4) is 0 Å². The Balaban J connectivity index is 2.01. The Bertz CT molecular complexity index is 490. The smallest absolute Gasteiger partial charge is 0.139 e. The first-order valence-electron chi connectivity index (χ1n) is 5.77. The Morgan fingerprint density at radius 3 is 3.25 bits per heavy atom. The number of aromatic amines is 1. The highest BCUT2D eigenvalue weighted by Gasteiger charge is 2.18. The van der Waals surface area contributed by atoms with Gasteiger partial charge in [0.1, 0.15) is 5.65 Å². The molecule has 1 atom stereocenters. The lowest BCUT2D eigenvalue weighted by Crippen LogP contribution is -2.42. The van der Waals surface area contributed by atoms with Crippen LogP contribution in [0.25, 0.3) is 11.0 Å². The third-order valence-corrected chi connectivity index (χ3v) is 3.24. The van der Waals surface area contributed by atoms with Gasteiger partial charge in [-0.1, -0.05) is 0 Å². The van der Waals surface area contributed by atoms with E-state index in [9.17, 15) is 0 Å². The standard InChI is InChI=1S/C12H16N4/c13-9-2-1-7-16(8-9)11-4-6-15-12-10(11)3-5-14-12/h3-6,9H,1-2,7-8,13H2,(H,14,15). The molecule has 0 amide bonds. The molecule has 1 fully saturated rings. The summed E-state index contributed by atoms with van der Waals surface area (Å²) in [4.78, 5) is 9.81. The van der Waals surface area contributed by atoms with Crippen molar-refractivity contribution < 1.29 is 0 Å². The van der Waals surface area contributed by atoms with Crippen LogP contribution in [-0.2, 0) is 0 Å². The van der Waals surface area contributed by atoms with Crippen LogP contribution in [-0.4, -0.2) is 29.1 Å². The number of nitrogens with one attached hydrogen (secondary N) is 1. The number of rotatable bonds is 1. The Kier molecular flexibility index (Phi) is 2.29. The van der Waals surface area contributed by atoms with Gasteiger partial charge in [0.05, 0.1) is 0 Å². The summed E-state index contributed by atoms with van der Waals surface area (Å²) in [7, 11) is 0. The van der Waals surface area contributed by atoms with E-state index >= 15 is 0 Å². The van der Waals surface area contributed by atoms with Crippen LogP contribution >= 0.6 is 0 Å². The number of hydrogen-bond donors (Lipinski definition) is 2. The van der Waals surface area contributed by atoms with E-state index in [0.29, 0.717) is 6.04 Å². The zero-order valence-corrected chi connectivity index (χ0v) is 9.19. The zero-order valence-electron chi connectivity index (χ0n) is 9.19. The average molecular weight is 216 g/mol. The minimum absolute atomic E-state index is 0.302. The highest BCUT2D eigenvalue weighted by atomic mass is 15.2. The Morgan fingerprint density at radius 2 is 2.38 bits per heavy atom. The first-order valence-corrected chi connectivity index (χ1v) is 5.77. The normalized spacial score (nSPS) is 21.6. The van der Waals surface area contributed by atoms with Gasteiger partial charge in [0, 0.05) is 42.6 Å². The van der Waals surface area contributed by atoms with Gasteiger partial charge < -0.3 is 15.6 Å². The molecular formula is C12H16N4. The monoisotopic (exact) mass is 216 g/mol. The van der Waals surface area contributed by atoms with E-state index in [1.807, 2.05) is 12.4 Å². The molecule has 2 aromatic heterocycles. The lowest BCUT2D eigenvalue weighted by molar-refractivity contribution is 0.507. The van der Waals surface area contributed by atoms with Crippen LogP contribution in [0.5, 0.6) is 0 Å². The predicted octanol–water partition coefficient (Wildman–Crippen LogP) is 1.49. The molecule has 2 aromatic rings. The van der Waals surface area contributed by atoms with Crippen molar-refractivity contribution in [1.29, 1.82) is 0 Å². The van der Waals surface area contributed by atoms with Crippen LogP contribution in [0.3, 0.4) is 0 Å². The number of fused-ring (bicyclic) bond motifs is 1. The zero-order chi connectivity index (χ0) is 11.0. The molecule has 3 N–H and O–H groups in total. The van der Waals surface area contributed by atoms with Crippen molar-refractivity contribution in [1.82, 2.24) is 9.97 Å². The molecule has 4 heteroatoms. The highest BCUT2D eigenvalue weighted by molar-refractivity contribution is 5.89. The summed E-state index contributed by atoms with van der Waals surface area (Å²) >= 11 is 0. The van der Waals surface area contributed by atoms with Gasteiger partial charge in [0.15, 0.2) is 0 Å². The molecule has 3 heterocycles. The van der Waals surface area contributed by atoms with Gasteiger partial charge >= 0.3 is 0 Å². The van der Waals surface area contributed by atoms with Crippen molar-refractivity contribution in [3.63, 3.8) is 0 Å².